The molecule has 3 nitrogen and oxygen atoms in total. The molecular weight excluding hydrogens is 224 g/mol. The zero-order valence-corrected chi connectivity index (χ0v) is 12.4. The van der Waals surface area contributed by atoms with Crippen LogP contribution in [0.4, 0.5) is 0 Å². The number of aromatic nitrogens is 1. The molecule has 18 heavy (non-hydrogen) atoms. The van der Waals surface area contributed by atoms with Crippen molar-refractivity contribution in [1.82, 2.24) is 9.88 Å². The van der Waals surface area contributed by atoms with E-state index in [4.69, 9.17) is 0 Å². The highest BCUT2D eigenvalue weighted by Gasteiger charge is 2.13. The normalized spacial score (nSPS) is 11.8. The third-order valence-electron chi connectivity index (χ3n) is 3.04. The molecular formula is C15H26N2O. The highest BCUT2D eigenvalue weighted by atomic mass is 16.1. The molecule has 0 aliphatic carbocycles. The van der Waals surface area contributed by atoms with E-state index in [2.05, 4.69) is 52.9 Å². The van der Waals surface area contributed by atoms with Gasteiger partial charge in [0, 0.05) is 29.9 Å². The first kappa shape index (κ1) is 15.0. The van der Waals surface area contributed by atoms with Gasteiger partial charge in [-0.05, 0) is 25.8 Å². The van der Waals surface area contributed by atoms with Crippen LogP contribution >= 0.6 is 0 Å². The molecule has 1 aromatic heterocycles. The van der Waals surface area contributed by atoms with Crippen LogP contribution in [0.5, 0.6) is 0 Å². The Morgan fingerprint density at radius 1 is 1.11 bits per heavy atom. The maximum atomic E-state index is 12.5. The Morgan fingerprint density at radius 3 is 2.17 bits per heavy atom. The fraction of sp³-hybridized carbons (Fsp3) is 0.667. The number of nitrogens with zero attached hydrogens (tertiary/aromatic N) is 1. The van der Waals surface area contributed by atoms with E-state index >= 15 is 0 Å². The topological polar surface area (TPSA) is 34.0 Å². The number of pyridine rings is 1. The van der Waals surface area contributed by atoms with Crippen molar-refractivity contribution in [1.29, 1.82) is 0 Å². The van der Waals surface area contributed by atoms with Crippen molar-refractivity contribution in [3.05, 3.63) is 33.7 Å². The maximum Gasteiger partial charge on any atom is 0.255 e. The largest absolute Gasteiger partial charge is 0.310 e. The summed E-state index contributed by atoms with van der Waals surface area (Å²) in [5.41, 5.74) is 2.11. The maximum absolute atomic E-state index is 12.5. The lowest BCUT2D eigenvalue weighted by atomic mass is 10.1. The van der Waals surface area contributed by atoms with Crippen LogP contribution in [-0.4, -0.2) is 10.6 Å². The predicted molar refractivity (Wildman–Crippen MR) is 77.2 cm³/mol. The van der Waals surface area contributed by atoms with Gasteiger partial charge in [-0.15, -0.1) is 0 Å². The van der Waals surface area contributed by atoms with Crippen LogP contribution in [-0.2, 0) is 6.54 Å². The minimum atomic E-state index is 0.143. The number of rotatable bonds is 5. The number of nitrogens with one attached hydrogen (secondary N) is 1. The second-order valence-electron chi connectivity index (χ2n) is 5.74. The van der Waals surface area contributed by atoms with Crippen LogP contribution in [0.1, 0.15) is 64.8 Å². The van der Waals surface area contributed by atoms with Gasteiger partial charge in [-0.2, -0.15) is 0 Å². The smallest absolute Gasteiger partial charge is 0.255 e. The van der Waals surface area contributed by atoms with E-state index in [-0.39, 0.29) is 11.6 Å². The van der Waals surface area contributed by atoms with E-state index in [1.165, 1.54) is 0 Å². The number of hydrogen-bond donors (Lipinski definition) is 1. The average molecular weight is 250 g/mol. The molecule has 0 unspecified atom stereocenters. The van der Waals surface area contributed by atoms with Crippen LogP contribution in [0.15, 0.2) is 16.9 Å². The highest BCUT2D eigenvalue weighted by molar-refractivity contribution is 5.19. The van der Waals surface area contributed by atoms with Gasteiger partial charge in [0.25, 0.3) is 5.56 Å². The molecule has 3 heteroatoms. The standard InChI is InChI=1S/C15H26N2O/c1-10(2)14-8-7-13(9-16-11(3)4)15(18)17(14)12(5)6/h7-8,10-12,16H,9H2,1-6H3. The molecule has 0 fully saturated rings. The molecule has 1 N–H and O–H groups in total. The first-order chi connectivity index (χ1) is 8.34. The van der Waals surface area contributed by atoms with Crippen LogP contribution in [0.25, 0.3) is 0 Å². The van der Waals surface area contributed by atoms with Gasteiger partial charge in [0.1, 0.15) is 0 Å². The van der Waals surface area contributed by atoms with Crippen molar-refractivity contribution in [3.63, 3.8) is 0 Å². The lowest BCUT2D eigenvalue weighted by molar-refractivity contribution is 0.521. The molecule has 1 heterocycles. The molecule has 0 bridgehead atoms. The van der Waals surface area contributed by atoms with Crippen molar-refractivity contribution in [2.45, 2.75) is 66.1 Å². The lowest BCUT2D eigenvalue weighted by Crippen LogP contribution is -2.32. The molecule has 0 amide bonds. The molecule has 102 valence electrons. The number of hydrogen-bond acceptors (Lipinski definition) is 2. The Morgan fingerprint density at radius 2 is 1.72 bits per heavy atom. The van der Waals surface area contributed by atoms with Gasteiger partial charge >= 0.3 is 0 Å². The van der Waals surface area contributed by atoms with Crippen molar-refractivity contribution < 1.29 is 0 Å². The zero-order valence-electron chi connectivity index (χ0n) is 12.4. The molecule has 1 rings (SSSR count). The summed E-state index contributed by atoms with van der Waals surface area (Å²) in [6.07, 6.45) is 0. The van der Waals surface area contributed by atoms with Gasteiger partial charge in [-0.1, -0.05) is 33.8 Å². The Hall–Kier alpha value is -1.09. The molecule has 0 aromatic carbocycles. The zero-order chi connectivity index (χ0) is 13.9. The predicted octanol–water partition coefficient (Wildman–Crippen LogP) is 3.05. The summed E-state index contributed by atoms with van der Waals surface area (Å²) in [5, 5.41) is 3.30. The van der Waals surface area contributed by atoms with E-state index in [0.29, 0.717) is 18.5 Å². The molecule has 0 atom stereocenters. The average Bonchev–Trinajstić information content (AvgIpc) is 2.25. The Labute approximate surface area is 110 Å². The van der Waals surface area contributed by atoms with Gasteiger partial charge in [0.2, 0.25) is 0 Å². The van der Waals surface area contributed by atoms with E-state index in [9.17, 15) is 4.79 Å². The third kappa shape index (κ3) is 3.45. The van der Waals surface area contributed by atoms with Crippen molar-refractivity contribution in [2.75, 3.05) is 0 Å². The molecule has 1 aromatic rings. The Kier molecular flexibility index (Phi) is 5.15. The quantitative estimate of drug-likeness (QED) is 0.871. The summed E-state index contributed by atoms with van der Waals surface area (Å²) in [4.78, 5) is 12.5. The minimum Gasteiger partial charge on any atom is -0.310 e. The fourth-order valence-corrected chi connectivity index (χ4v) is 2.06. The van der Waals surface area contributed by atoms with Gasteiger partial charge < -0.3 is 9.88 Å². The minimum absolute atomic E-state index is 0.143. The second kappa shape index (κ2) is 6.19. The SMILES string of the molecule is CC(C)NCc1ccc(C(C)C)n(C(C)C)c1=O. The third-order valence-corrected chi connectivity index (χ3v) is 3.04. The fourth-order valence-electron chi connectivity index (χ4n) is 2.06. The van der Waals surface area contributed by atoms with Gasteiger partial charge in [0.05, 0.1) is 0 Å². The van der Waals surface area contributed by atoms with E-state index in [1.54, 1.807) is 0 Å². The summed E-state index contributed by atoms with van der Waals surface area (Å²) in [6, 6.07) is 4.64. The van der Waals surface area contributed by atoms with Gasteiger partial charge in [0.15, 0.2) is 0 Å². The summed E-state index contributed by atoms with van der Waals surface area (Å²) in [5.74, 6) is 0.368. The van der Waals surface area contributed by atoms with E-state index in [0.717, 1.165) is 11.3 Å². The summed E-state index contributed by atoms with van der Waals surface area (Å²) >= 11 is 0. The molecule has 0 aliphatic rings. The molecule has 0 aliphatic heterocycles. The van der Waals surface area contributed by atoms with Crippen molar-refractivity contribution in [3.8, 4) is 0 Å². The lowest BCUT2D eigenvalue weighted by Gasteiger charge is -2.20. The second-order valence-corrected chi connectivity index (χ2v) is 5.74. The summed E-state index contributed by atoms with van der Waals surface area (Å²) in [7, 11) is 0. The van der Waals surface area contributed by atoms with E-state index < -0.39 is 0 Å². The Balaban J connectivity index is 3.18. The summed E-state index contributed by atoms with van der Waals surface area (Å²) < 4.78 is 1.92. The molecule has 0 saturated carbocycles. The molecule has 0 saturated heterocycles. The van der Waals surface area contributed by atoms with Crippen molar-refractivity contribution >= 4 is 0 Å². The molecule has 0 spiro atoms. The van der Waals surface area contributed by atoms with Crippen LogP contribution in [0.2, 0.25) is 0 Å². The first-order valence-electron chi connectivity index (χ1n) is 6.82. The highest BCUT2D eigenvalue weighted by Crippen LogP contribution is 2.16. The monoisotopic (exact) mass is 250 g/mol. The van der Waals surface area contributed by atoms with Gasteiger partial charge in [-0.3, -0.25) is 4.79 Å². The first-order valence-corrected chi connectivity index (χ1v) is 6.82. The van der Waals surface area contributed by atoms with Crippen LogP contribution < -0.4 is 10.9 Å². The summed E-state index contributed by atoms with van der Waals surface area (Å²) in [6.45, 7) is 13.2. The molecule has 0 radical (unpaired) electrons. The Bertz CT molecular complexity index is 444. The van der Waals surface area contributed by atoms with Crippen LogP contribution in [0, 0.1) is 0 Å². The van der Waals surface area contributed by atoms with Gasteiger partial charge in [-0.25, -0.2) is 0 Å². The van der Waals surface area contributed by atoms with Crippen LogP contribution in [0.3, 0.4) is 0 Å². The van der Waals surface area contributed by atoms with Crippen molar-refractivity contribution in [2.24, 2.45) is 0 Å². The van der Waals surface area contributed by atoms with E-state index in [1.807, 2.05) is 10.6 Å².